The fourth-order valence-corrected chi connectivity index (χ4v) is 6.41. The summed E-state index contributed by atoms with van der Waals surface area (Å²) in [5.74, 6) is -9.34. The Morgan fingerprint density at radius 3 is 2.30 bits per heavy atom. The van der Waals surface area contributed by atoms with Crippen LogP contribution in [0.4, 0.5) is 33.6 Å². The number of nitrogens with one attached hydrogen (secondary N) is 2. The fourth-order valence-electron chi connectivity index (χ4n) is 5.19. The Hall–Kier alpha value is -3.33. The molecular formula is C28H35F5N6O3S. The molecule has 1 saturated carbocycles. The lowest BCUT2D eigenvalue weighted by molar-refractivity contribution is 0.0189. The second-order valence-corrected chi connectivity index (χ2v) is 13.4. The predicted octanol–water partition coefficient (Wildman–Crippen LogP) is 5.53. The Morgan fingerprint density at radius 1 is 1.07 bits per heavy atom. The van der Waals surface area contributed by atoms with Gasteiger partial charge in [0.05, 0.1) is 11.3 Å². The largest absolute Gasteiger partial charge is 0.351 e. The normalized spacial score (nSPS) is 18.0. The molecule has 2 heterocycles. The van der Waals surface area contributed by atoms with E-state index in [1.54, 1.807) is 13.8 Å². The van der Waals surface area contributed by atoms with Crippen molar-refractivity contribution in [3.8, 4) is 11.1 Å². The number of sulfonamides is 1. The summed E-state index contributed by atoms with van der Waals surface area (Å²) in [4.78, 5) is 24.7. The second-order valence-electron chi connectivity index (χ2n) is 11.6. The van der Waals surface area contributed by atoms with E-state index < -0.39 is 74.0 Å². The minimum absolute atomic E-state index is 0.140. The zero-order valence-corrected chi connectivity index (χ0v) is 25.3. The van der Waals surface area contributed by atoms with Crippen LogP contribution in [-0.4, -0.2) is 65.7 Å². The minimum Gasteiger partial charge on any atom is -0.351 e. The fraction of sp³-hybridized carbons (Fsp3) is 0.536. The van der Waals surface area contributed by atoms with Gasteiger partial charge < -0.3 is 10.2 Å². The van der Waals surface area contributed by atoms with Gasteiger partial charge in [-0.15, -0.1) is 0 Å². The molecular weight excluding hydrogens is 595 g/mol. The Bertz CT molecular complexity index is 1670. The van der Waals surface area contributed by atoms with Gasteiger partial charge in [-0.05, 0) is 72.7 Å². The molecule has 236 valence electrons. The van der Waals surface area contributed by atoms with E-state index in [-0.39, 0.29) is 11.7 Å². The van der Waals surface area contributed by atoms with Gasteiger partial charge in [-0.2, -0.15) is 4.98 Å². The topological polar surface area (TPSA) is 109 Å². The van der Waals surface area contributed by atoms with Crippen LogP contribution in [0.2, 0.25) is 0 Å². The molecule has 0 unspecified atom stereocenters. The highest BCUT2D eigenvalue weighted by molar-refractivity contribution is 7.92. The van der Waals surface area contributed by atoms with Crippen LogP contribution in [-0.2, 0) is 10.0 Å². The van der Waals surface area contributed by atoms with Gasteiger partial charge in [0.2, 0.25) is 21.9 Å². The number of benzene rings is 1. The summed E-state index contributed by atoms with van der Waals surface area (Å²) in [7, 11) is -0.550. The number of pyridine rings is 1. The maximum Gasteiger partial charge on any atom is 0.260 e. The Kier molecular flexibility index (Phi) is 9.35. The molecule has 1 aliphatic rings. The van der Waals surface area contributed by atoms with Gasteiger partial charge in [-0.3, -0.25) is 14.1 Å². The molecule has 43 heavy (non-hydrogen) atoms. The third-order valence-electron chi connectivity index (χ3n) is 7.57. The third kappa shape index (κ3) is 7.43. The van der Waals surface area contributed by atoms with Crippen LogP contribution in [0.25, 0.3) is 22.2 Å². The van der Waals surface area contributed by atoms with E-state index in [9.17, 15) is 22.0 Å². The van der Waals surface area contributed by atoms with Gasteiger partial charge >= 0.3 is 0 Å². The number of hydrogen-bond donors (Lipinski definition) is 2. The van der Waals surface area contributed by atoms with Gasteiger partial charge in [-0.25, -0.2) is 35.4 Å². The average molecular weight is 631 g/mol. The van der Waals surface area contributed by atoms with Crippen molar-refractivity contribution in [1.82, 2.24) is 19.4 Å². The van der Waals surface area contributed by atoms with E-state index >= 15 is 13.2 Å². The standard InChI is InChI=1S/C28H35F5N6O3S/c1-15(2)39-25-16(14-34-27(36-25)35-17-6-8-18(9-7-17)38(4)5)12-20(26(39)40)19-13-21(29)24(23(31)22(19)30)37-43(41,42)11-10-28(3,32)33/h12-15,17-18,37H,6-11H2,1-5H3,(H,34,35,36). The molecule has 1 fully saturated rings. The number of aromatic nitrogens is 3. The van der Waals surface area contributed by atoms with Crippen molar-refractivity contribution < 1.29 is 30.4 Å². The van der Waals surface area contributed by atoms with Gasteiger partial charge in [-0.1, -0.05) is 0 Å². The van der Waals surface area contributed by atoms with Gasteiger partial charge in [0.25, 0.3) is 5.56 Å². The highest BCUT2D eigenvalue weighted by Gasteiger charge is 2.29. The summed E-state index contributed by atoms with van der Waals surface area (Å²) < 4.78 is 98.6. The molecule has 2 aromatic heterocycles. The van der Waals surface area contributed by atoms with E-state index in [1.165, 1.54) is 21.6 Å². The SMILES string of the molecule is CC(C)n1c(=O)c(-c2cc(F)c(NS(=O)(=O)CCC(C)(F)F)c(F)c2F)cc2cnc(NC3CCC(N(C)C)CC3)nc21. The molecule has 0 aliphatic heterocycles. The number of alkyl halides is 2. The summed E-state index contributed by atoms with van der Waals surface area (Å²) in [5, 5.41) is 3.62. The first-order chi connectivity index (χ1) is 20.0. The molecule has 2 N–H and O–H groups in total. The molecule has 0 atom stereocenters. The number of anilines is 2. The van der Waals surface area contributed by atoms with Gasteiger partial charge in [0, 0.05) is 41.7 Å². The molecule has 0 amide bonds. The first kappa shape index (κ1) is 32.6. The van der Waals surface area contributed by atoms with Crippen molar-refractivity contribution in [2.75, 3.05) is 29.9 Å². The summed E-state index contributed by atoms with van der Waals surface area (Å²) in [6.07, 6.45) is 4.14. The summed E-state index contributed by atoms with van der Waals surface area (Å²) >= 11 is 0. The first-order valence-electron chi connectivity index (χ1n) is 13.9. The second kappa shape index (κ2) is 12.3. The van der Waals surface area contributed by atoms with Crippen molar-refractivity contribution in [1.29, 1.82) is 0 Å². The van der Waals surface area contributed by atoms with E-state index in [4.69, 9.17) is 0 Å². The van der Waals surface area contributed by atoms with Crippen molar-refractivity contribution in [3.63, 3.8) is 0 Å². The summed E-state index contributed by atoms with van der Waals surface area (Å²) in [6, 6.07) is 1.85. The predicted molar refractivity (Wildman–Crippen MR) is 155 cm³/mol. The zero-order chi connectivity index (χ0) is 31.9. The van der Waals surface area contributed by atoms with Crippen LogP contribution < -0.4 is 15.6 Å². The number of halogens is 5. The van der Waals surface area contributed by atoms with Crippen LogP contribution in [0.1, 0.15) is 58.9 Å². The van der Waals surface area contributed by atoms with E-state index in [0.29, 0.717) is 30.4 Å². The van der Waals surface area contributed by atoms with Crippen LogP contribution >= 0.6 is 0 Å². The van der Waals surface area contributed by atoms with E-state index in [0.717, 1.165) is 25.7 Å². The molecule has 4 rings (SSSR count). The van der Waals surface area contributed by atoms with Crippen molar-refractivity contribution in [2.24, 2.45) is 0 Å². The quantitative estimate of drug-likeness (QED) is 0.224. The van der Waals surface area contributed by atoms with Gasteiger partial charge in [0.1, 0.15) is 11.3 Å². The van der Waals surface area contributed by atoms with E-state index in [1.807, 2.05) is 0 Å². The van der Waals surface area contributed by atoms with Crippen LogP contribution in [0, 0.1) is 17.5 Å². The molecule has 0 saturated heterocycles. The molecule has 0 spiro atoms. The van der Waals surface area contributed by atoms with Crippen molar-refractivity contribution in [3.05, 3.63) is 46.1 Å². The molecule has 1 aliphatic carbocycles. The number of fused-ring (bicyclic) bond motifs is 1. The molecule has 0 bridgehead atoms. The number of rotatable bonds is 10. The highest BCUT2D eigenvalue weighted by atomic mass is 32.2. The number of hydrogen-bond acceptors (Lipinski definition) is 7. The monoisotopic (exact) mass is 630 g/mol. The van der Waals surface area contributed by atoms with Crippen molar-refractivity contribution >= 4 is 32.7 Å². The van der Waals surface area contributed by atoms with Crippen LogP contribution in [0.5, 0.6) is 0 Å². The molecule has 0 radical (unpaired) electrons. The number of nitrogens with zero attached hydrogens (tertiary/aromatic N) is 4. The maximum atomic E-state index is 15.3. The zero-order valence-electron chi connectivity index (χ0n) is 24.5. The summed E-state index contributed by atoms with van der Waals surface area (Å²) in [5.41, 5.74) is -3.07. The maximum absolute atomic E-state index is 15.3. The molecule has 15 heteroatoms. The van der Waals surface area contributed by atoms with Crippen molar-refractivity contribution in [2.45, 2.75) is 76.9 Å². The smallest absolute Gasteiger partial charge is 0.260 e. The Labute approximate surface area is 246 Å². The highest BCUT2D eigenvalue weighted by Crippen LogP contribution is 2.33. The third-order valence-corrected chi connectivity index (χ3v) is 8.82. The first-order valence-corrected chi connectivity index (χ1v) is 15.5. The lowest BCUT2D eigenvalue weighted by Crippen LogP contribution is -2.36. The molecule has 3 aromatic rings. The average Bonchev–Trinajstić information content (AvgIpc) is 2.91. The van der Waals surface area contributed by atoms with Gasteiger partial charge in [0.15, 0.2) is 17.5 Å². The Morgan fingerprint density at radius 2 is 1.72 bits per heavy atom. The molecule has 9 nitrogen and oxygen atoms in total. The van der Waals surface area contributed by atoms with Crippen LogP contribution in [0.15, 0.2) is 23.1 Å². The van der Waals surface area contributed by atoms with Crippen LogP contribution in [0.3, 0.4) is 0 Å². The lowest BCUT2D eigenvalue weighted by atomic mass is 9.91. The summed E-state index contributed by atoms with van der Waals surface area (Å²) in [6.45, 7) is 3.88. The lowest BCUT2D eigenvalue weighted by Gasteiger charge is -2.33. The van der Waals surface area contributed by atoms with E-state index in [2.05, 4.69) is 34.3 Å². The Balaban J connectivity index is 1.70. The minimum atomic E-state index is -4.65. The molecule has 1 aromatic carbocycles.